The van der Waals surface area contributed by atoms with Crippen molar-refractivity contribution in [1.82, 2.24) is 5.32 Å². The second-order valence-corrected chi connectivity index (χ2v) is 6.17. The van der Waals surface area contributed by atoms with Gasteiger partial charge in [0.05, 0.1) is 6.10 Å². The highest BCUT2D eigenvalue weighted by Crippen LogP contribution is 2.23. The number of benzene rings is 1. The van der Waals surface area contributed by atoms with E-state index in [-0.39, 0.29) is 0 Å². The molecule has 0 amide bonds. The molecule has 1 aromatic carbocycles. The Morgan fingerprint density at radius 2 is 1.84 bits per heavy atom. The van der Waals surface area contributed by atoms with Crippen LogP contribution in [0.2, 0.25) is 0 Å². The summed E-state index contributed by atoms with van der Waals surface area (Å²) < 4.78 is 5.83. The van der Waals surface area contributed by atoms with E-state index in [2.05, 4.69) is 57.3 Å². The first kappa shape index (κ1) is 14.5. The molecule has 2 heteroatoms. The average molecular weight is 261 g/mol. The third-order valence-electron chi connectivity index (χ3n) is 4.12. The maximum atomic E-state index is 5.83. The topological polar surface area (TPSA) is 21.3 Å². The summed E-state index contributed by atoms with van der Waals surface area (Å²) in [6.07, 6.45) is 2.67. The third kappa shape index (κ3) is 4.05. The van der Waals surface area contributed by atoms with Crippen molar-refractivity contribution in [2.24, 2.45) is 5.92 Å². The molecule has 1 aliphatic rings. The zero-order valence-electron chi connectivity index (χ0n) is 12.6. The van der Waals surface area contributed by atoms with Crippen LogP contribution in [0.15, 0.2) is 24.3 Å². The van der Waals surface area contributed by atoms with E-state index in [1.807, 2.05) is 0 Å². The summed E-state index contributed by atoms with van der Waals surface area (Å²) in [5, 5.41) is 3.76. The molecule has 1 fully saturated rings. The van der Waals surface area contributed by atoms with Crippen LogP contribution in [0.4, 0.5) is 0 Å². The Balaban J connectivity index is 1.91. The number of rotatable bonds is 4. The van der Waals surface area contributed by atoms with Gasteiger partial charge in [0.25, 0.3) is 0 Å². The van der Waals surface area contributed by atoms with E-state index in [1.54, 1.807) is 0 Å². The normalized spacial score (nSPS) is 25.5. The summed E-state index contributed by atoms with van der Waals surface area (Å²) in [4.78, 5) is 0. The van der Waals surface area contributed by atoms with Gasteiger partial charge in [0.2, 0.25) is 0 Å². The van der Waals surface area contributed by atoms with Crippen LogP contribution in [0.25, 0.3) is 0 Å². The molecular weight excluding hydrogens is 234 g/mol. The lowest BCUT2D eigenvalue weighted by molar-refractivity contribution is -0.0256. The van der Waals surface area contributed by atoms with Crippen LogP contribution < -0.4 is 5.32 Å². The Morgan fingerprint density at radius 3 is 2.47 bits per heavy atom. The highest BCUT2D eigenvalue weighted by Gasteiger charge is 2.25. The monoisotopic (exact) mass is 261 g/mol. The average Bonchev–Trinajstić information content (AvgIpc) is 2.39. The Labute approximate surface area is 117 Å². The van der Waals surface area contributed by atoms with Gasteiger partial charge >= 0.3 is 0 Å². The van der Waals surface area contributed by atoms with Crippen molar-refractivity contribution >= 4 is 0 Å². The minimum Gasteiger partial charge on any atom is -0.378 e. The summed E-state index contributed by atoms with van der Waals surface area (Å²) in [6.45, 7) is 9.77. The molecule has 2 rings (SSSR count). The largest absolute Gasteiger partial charge is 0.378 e. The summed E-state index contributed by atoms with van der Waals surface area (Å²) in [5.74, 6) is 0.610. The molecular formula is C17H27NO. The Kier molecular flexibility index (Phi) is 5.00. The second kappa shape index (κ2) is 6.53. The molecule has 2 nitrogen and oxygen atoms in total. The number of hydrogen-bond acceptors (Lipinski definition) is 2. The van der Waals surface area contributed by atoms with Gasteiger partial charge in [-0.15, -0.1) is 0 Å². The minimum absolute atomic E-state index is 0.413. The van der Waals surface area contributed by atoms with Gasteiger partial charge in [-0.05, 0) is 38.2 Å². The lowest BCUT2D eigenvalue weighted by Crippen LogP contribution is -2.41. The smallest absolute Gasteiger partial charge is 0.0612 e. The van der Waals surface area contributed by atoms with Crippen molar-refractivity contribution < 1.29 is 4.74 Å². The van der Waals surface area contributed by atoms with E-state index < -0.39 is 0 Å². The molecule has 0 saturated carbocycles. The molecule has 0 spiro atoms. The predicted molar refractivity (Wildman–Crippen MR) is 80.3 cm³/mol. The van der Waals surface area contributed by atoms with Gasteiger partial charge in [0, 0.05) is 18.7 Å². The van der Waals surface area contributed by atoms with E-state index in [4.69, 9.17) is 4.74 Å². The van der Waals surface area contributed by atoms with Crippen LogP contribution in [0.1, 0.15) is 50.8 Å². The lowest BCUT2D eigenvalue weighted by Gasteiger charge is -2.34. The van der Waals surface area contributed by atoms with Gasteiger partial charge in [-0.25, -0.2) is 0 Å². The Morgan fingerprint density at radius 1 is 1.16 bits per heavy atom. The first-order valence-electron chi connectivity index (χ1n) is 7.50. The number of aryl methyl sites for hydroxylation is 1. The molecule has 3 unspecified atom stereocenters. The van der Waals surface area contributed by atoms with Crippen LogP contribution in [0.3, 0.4) is 0 Å². The molecule has 106 valence electrons. The molecule has 1 N–H and O–H groups in total. The zero-order valence-corrected chi connectivity index (χ0v) is 12.6. The first-order chi connectivity index (χ1) is 9.06. The highest BCUT2D eigenvalue weighted by molar-refractivity contribution is 5.23. The quantitative estimate of drug-likeness (QED) is 0.889. The molecule has 0 aliphatic carbocycles. The SMILES string of the molecule is Cc1ccc(C(C)NC2CCOC(C(C)C)C2)cc1. The first-order valence-corrected chi connectivity index (χ1v) is 7.50. The molecule has 0 bridgehead atoms. The molecule has 0 radical (unpaired) electrons. The van der Waals surface area contributed by atoms with Crippen LogP contribution in [-0.2, 0) is 4.74 Å². The molecule has 1 heterocycles. The third-order valence-corrected chi connectivity index (χ3v) is 4.12. The van der Waals surface area contributed by atoms with Crippen molar-refractivity contribution in [2.45, 2.75) is 58.7 Å². The molecule has 0 aromatic heterocycles. The van der Waals surface area contributed by atoms with Gasteiger partial charge in [-0.1, -0.05) is 43.7 Å². The fourth-order valence-corrected chi connectivity index (χ4v) is 2.75. The lowest BCUT2D eigenvalue weighted by atomic mass is 9.94. The summed E-state index contributed by atoms with van der Waals surface area (Å²) in [5.41, 5.74) is 2.69. The summed E-state index contributed by atoms with van der Waals surface area (Å²) in [6, 6.07) is 9.83. The summed E-state index contributed by atoms with van der Waals surface area (Å²) >= 11 is 0. The van der Waals surface area contributed by atoms with Crippen LogP contribution in [-0.4, -0.2) is 18.8 Å². The molecule has 3 atom stereocenters. The standard InChI is InChI=1S/C17H27NO/c1-12(2)17-11-16(9-10-19-17)18-14(4)15-7-5-13(3)6-8-15/h5-8,12,14,16-18H,9-11H2,1-4H3. The van der Waals surface area contributed by atoms with Crippen molar-refractivity contribution in [3.63, 3.8) is 0 Å². The van der Waals surface area contributed by atoms with Gasteiger partial charge < -0.3 is 10.1 Å². The number of ether oxygens (including phenoxy) is 1. The fourth-order valence-electron chi connectivity index (χ4n) is 2.75. The van der Waals surface area contributed by atoms with Crippen LogP contribution in [0.5, 0.6) is 0 Å². The number of nitrogens with one attached hydrogen (secondary N) is 1. The van der Waals surface area contributed by atoms with Crippen molar-refractivity contribution in [1.29, 1.82) is 0 Å². The van der Waals surface area contributed by atoms with Crippen LogP contribution in [0, 0.1) is 12.8 Å². The van der Waals surface area contributed by atoms with Gasteiger partial charge in [-0.3, -0.25) is 0 Å². The van der Waals surface area contributed by atoms with E-state index in [9.17, 15) is 0 Å². The molecule has 1 saturated heterocycles. The van der Waals surface area contributed by atoms with Gasteiger partial charge in [0.15, 0.2) is 0 Å². The van der Waals surface area contributed by atoms with Gasteiger partial charge in [-0.2, -0.15) is 0 Å². The minimum atomic E-state index is 0.413. The molecule has 1 aromatic rings. The maximum Gasteiger partial charge on any atom is 0.0612 e. The zero-order chi connectivity index (χ0) is 13.8. The maximum absolute atomic E-state index is 5.83. The van der Waals surface area contributed by atoms with Gasteiger partial charge in [0.1, 0.15) is 0 Å². The highest BCUT2D eigenvalue weighted by atomic mass is 16.5. The molecule has 1 aliphatic heterocycles. The second-order valence-electron chi connectivity index (χ2n) is 6.17. The van der Waals surface area contributed by atoms with E-state index in [1.165, 1.54) is 11.1 Å². The van der Waals surface area contributed by atoms with Crippen molar-refractivity contribution in [3.05, 3.63) is 35.4 Å². The van der Waals surface area contributed by atoms with E-state index in [0.29, 0.717) is 24.1 Å². The Bertz CT molecular complexity index is 385. The fraction of sp³-hybridized carbons (Fsp3) is 0.647. The van der Waals surface area contributed by atoms with E-state index in [0.717, 1.165) is 19.4 Å². The number of hydrogen-bond donors (Lipinski definition) is 1. The predicted octanol–water partition coefficient (Wildman–Crippen LogP) is 3.85. The van der Waals surface area contributed by atoms with E-state index >= 15 is 0 Å². The molecule has 19 heavy (non-hydrogen) atoms. The van der Waals surface area contributed by atoms with Crippen molar-refractivity contribution in [3.8, 4) is 0 Å². The van der Waals surface area contributed by atoms with Crippen LogP contribution >= 0.6 is 0 Å². The van der Waals surface area contributed by atoms with Crippen molar-refractivity contribution in [2.75, 3.05) is 6.61 Å². The summed E-state index contributed by atoms with van der Waals surface area (Å²) in [7, 11) is 0. The Hall–Kier alpha value is -0.860.